The Kier molecular flexibility index (Phi) is 5.07. The Bertz CT molecular complexity index is 1140. The first kappa shape index (κ1) is 19.8. The molecule has 1 aliphatic rings. The quantitative estimate of drug-likeness (QED) is 0.634. The molecular formula is C22H25N5O3. The van der Waals surface area contributed by atoms with E-state index in [2.05, 4.69) is 11.6 Å². The fourth-order valence-corrected chi connectivity index (χ4v) is 4.16. The monoisotopic (exact) mass is 407 g/mol. The van der Waals surface area contributed by atoms with E-state index >= 15 is 0 Å². The van der Waals surface area contributed by atoms with Crippen LogP contribution in [0.3, 0.4) is 0 Å². The summed E-state index contributed by atoms with van der Waals surface area (Å²) in [6.45, 7) is 6.83. The van der Waals surface area contributed by atoms with E-state index < -0.39 is 5.91 Å². The summed E-state index contributed by atoms with van der Waals surface area (Å²) in [5.41, 5.74) is 9.91. The van der Waals surface area contributed by atoms with Crippen LogP contribution in [0.2, 0.25) is 0 Å². The van der Waals surface area contributed by atoms with Crippen LogP contribution in [-0.4, -0.2) is 51.5 Å². The molecule has 1 saturated heterocycles. The number of likely N-dealkylation sites (tertiary alicyclic amines) is 1. The van der Waals surface area contributed by atoms with Gasteiger partial charge in [-0.05, 0) is 37.5 Å². The Morgan fingerprint density at radius 2 is 2.07 bits per heavy atom. The number of amides is 2. The Labute approximate surface area is 174 Å². The highest BCUT2D eigenvalue weighted by Gasteiger charge is 2.28. The first-order valence-electron chi connectivity index (χ1n) is 9.90. The molecule has 4 rings (SSSR count). The van der Waals surface area contributed by atoms with Crippen LogP contribution in [-0.2, 0) is 4.79 Å². The standard InChI is InChI=1S/C22H25N5O3/c1-4-18(28)26-9-7-14(8-10-26)16-12-24-22-19(21(23)29)20(25-27(16)22)15-6-5-13(2)17(11-15)30-3/h4-6,11-12,14,24H,1,7-10H2,2-3H3,(H2,23,29). The van der Waals surface area contributed by atoms with Crippen molar-refractivity contribution in [3.8, 4) is 17.0 Å². The molecule has 156 valence electrons. The molecule has 3 aromatic rings. The molecule has 0 unspecified atom stereocenters. The van der Waals surface area contributed by atoms with Crippen molar-refractivity contribution in [1.82, 2.24) is 19.5 Å². The number of aryl methyl sites for hydroxylation is 1. The Balaban J connectivity index is 1.74. The van der Waals surface area contributed by atoms with Crippen molar-refractivity contribution in [2.24, 2.45) is 5.73 Å². The van der Waals surface area contributed by atoms with E-state index in [-0.39, 0.29) is 11.8 Å². The van der Waals surface area contributed by atoms with Crippen LogP contribution in [0.25, 0.3) is 16.9 Å². The van der Waals surface area contributed by atoms with Gasteiger partial charge in [-0.3, -0.25) is 9.59 Å². The normalized spacial score (nSPS) is 14.8. The molecule has 1 aliphatic heterocycles. The molecular weight excluding hydrogens is 382 g/mol. The smallest absolute Gasteiger partial charge is 0.254 e. The molecule has 0 atom stereocenters. The summed E-state index contributed by atoms with van der Waals surface area (Å²) in [6, 6.07) is 5.70. The van der Waals surface area contributed by atoms with Gasteiger partial charge in [0.05, 0.1) is 12.8 Å². The maximum atomic E-state index is 12.3. The molecule has 8 heteroatoms. The third kappa shape index (κ3) is 3.24. The number of nitrogens with one attached hydrogen (secondary N) is 1. The molecule has 0 spiro atoms. The molecule has 1 aromatic carbocycles. The minimum Gasteiger partial charge on any atom is -0.496 e. The highest BCUT2D eigenvalue weighted by molar-refractivity contribution is 6.04. The molecule has 2 amide bonds. The number of nitrogens with two attached hydrogens (primary N) is 1. The average Bonchev–Trinajstić information content (AvgIpc) is 3.33. The van der Waals surface area contributed by atoms with Crippen LogP contribution in [0.5, 0.6) is 5.75 Å². The van der Waals surface area contributed by atoms with Gasteiger partial charge in [0.25, 0.3) is 5.91 Å². The summed E-state index contributed by atoms with van der Waals surface area (Å²) in [4.78, 5) is 29.1. The summed E-state index contributed by atoms with van der Waals surface area (Å²) in [5.74, 6) is 0.352. The predicted molar refractivity (Wildman–Crippen MR) is 114 cm³/mol. The predicted octanol–water partition coefficient (Wildman–Crippen LogP) is 2.64. The zero-order valence-electron chi connectivity index (χ0n) is 17.1. The molecule has 3 heterocycles. The fraction of sp³-hybridized carbons (Fsp3) is 0.318. The first-order valence-corrected chi connectivity index (χ1v) is 9.90. The van der Waals surface area contributed by atoms with Gasteiger partial charge < -0.3 is 20.4 Å². The van der Waals surface area contributed by atoms with Gasteiger partial charge in [0.2, 0.25) is 5.91 Å². The maximum absolute atomic E-state index is 12.3. The van der Waals surface area contributed by atoms with Crippen LogP contribution >= 0.6 is 0 Å². The number of primary amides is 1. The van der Waals surface area contributed by atoms with Crippen molar-refractivity contribution in [3.05, 3.63) is 53.9 Å². The molecule has 0 bridgehead atoms. The number of fused-ring (bicyclic) bond motifs is 1. The molecule has 0 saturated carbocycles. The van der Waals surface area contributed by atoms with Crippen molar-refractivity contribution in [1.29, 1.82) is 0 Å². The Morgan fingerprint density at radius 3 is 2.70 bits per heavy atom. The van der Waals surface area contributed by atoms with E-state index in [1.807, 2.05) is 31.3 Å². The van der Waals surface area contributed by atoms with Crippen molar-refractivity contribution in [2.45, 2.75) is 25.7 Å². The molecule has 0 radical (unpaired) electrons. The summed E-state index contributed by atoms with van der Waals surface area (Å²) >= 11 is 0. The second-order valence-electron chi connectivity index (χ2n) is 7.55. The van der Waals surface area contributed by atoms with Crippen LogP contribution in [0.15, 0.2) is 37.1 Å². The number of aromatic amines is 1. The lowest BCUT2D eigenvalue weighted by atomic mass is 9.94. The van der Waals surface area contributed by atoms with Crippen LogP contribution in [0.4, 0.5) is 0 Å². The Hall–Kier alpha value is -3.55. The zero-order chi connectivity index (χ0) is 21.4. The first-order chi connectivity index (χ1) is 14.4. The van der Waals surface area contributed by atoms with E-state index in [0.29, 0.717) is 30.0 Å². The van der Waals surface area contributed by atoms with Crippen LogP contribution in [0, 0.1) is 6.92 Å². The van der Waals surface area contributed by atoms with Crippen molar-refractivity contribution in [3.63, 3.8) is 0 Å². The lowest BCUT2D eigenvalue weighted by Crippen LogP contribution is -2.37. The number of nitrogens with zero attached hydrogens (tertiary/aromatic N) is 3. The molecule has 1 fully saturated rings. The van der Waals surface area contributed by atoms with E-state index in [1.165, 1.54) is 6.08 Å². The van der Waals surface area contributed by atoms with E-state index in [4.69, 9.17) is 15.6 Å². The number of rotatable bonds is 5. The largest absolute Gasteiger partial charge is 0.496 e. The second-order valence-corrected chi connectivity index (χ2v) is 7.55. The number of H-pyrrole nitrogens is 1. The van der Waals surface area contributed by atoms with Gasteiger partial charge in [0.15, 0.2) is 0 Å². The van der Waals surface area contributed by atoms with E-state index in [1.54, 1.807) is 16.5 Å². The van der Waals surface area contributed by atoms with Gasteiger partial charge in [-0.1, -0.05) is 18.7 Å². The van der Waals surface area contributed by atoms with Gasteiger partial charge in [0.1, 0.15) is 22.7 Å². The van der Waals surface area contributed by atoms with Gasteiger partial charge in [0, 0.05) is 30.8 Å². The Morgan fingerprint density at radius 1 is 1.33 bits per heavy atom. The van der Waals surface area contributed by atoms with Crippen LogP contribution in [0.1, 0.15) is 40.4 Å². The van der Waals surface area contributed by atoms with Crippen LogP contribution < -0.4 is 10.5 Å². The molecule has 8 nitrogen and oxygen atoms in total. The number of piperidine rings is 1. The number of imidazole rings is 1. The van der Waals surface area contributed by atoms with Gasteiger partial charge in [-0.25, -0.2) is 4.52 Å². The maximum Gasteiger partial charge on any atom is 0.254 e. The lowest BCUT2D eigenvalue weighted by molar-refractivity contribution is -0.127. The highest BCUT2D eigenvalue weighted by atomic mass is 16.5. The molecule has 3 N–H and O–H groups in total. The number of methoxy groups -OCH3 is 1. The zero-order valence-corrected chi connectivity index (χ0v) is 17.1. The second kappa shape index (κ2) is 7.70. The minimum atomic E-state index is -0.542. The third-order valence-electron chi connectivity index (χ3n) is 5.81. The van der Waals surface area contributed by atoms with Crippen molar-refractivity contribution in [2.75, 3.05) is 20.2 Å². The van der Waals surface area contributed by atoms with Crippen molar-refractivity contribution < 1.29 is 14.3 Å². The number of hydrogen-bond donors (Lipinski definition) is 2. The summed E-state index contributed by atoms with van der Waals surface area (Å²) in [5, 5.41) is 4.75. The fourth-order valence-electron chi connectivity index (χ4n) is 4.16. The number of ether oxygens (including phenoxy) is 1. The summed E-state index contributed by atoms with van der Waals surface area (Å²) in [6.07, 6.45) is 4.85. The van der Waals surface area contributed by atoms with Gasteiger partial charge in [-0.2, -0.15) is 5.10 Å². The van der Waals surface area contributed by atoms with E-state index in [0.717, 1.165) is 35.4 Å². The highest BCUT2D eigenvalue weighted by Crippen LogP contribution is 2.34. The molecule has 30 heavy (non-hydrogen) atoms. The summed E-state index contributed by atoms with van der Waals surface area (Å²) in [7, 11) is 1.61. The molecule has 2 aromatic heterocycles. The summed E-state index contributed by atoms with van der Waals surface area (Å²) < 4.78 is 7.20. The number of benzene rings is 1. The number of carbonyl (C=O) groups is 2. The number of carbonyl (C=O) groups excluding carboxylic acids is 2. The van der Waals surface area contributed by atoms with Gasteiger partial charge in [-0.15, -0.1) is 0 Å². The number of hydrogen-bond acceptors (Lipinski definition) is 4. The topological polar surface area (TPSA) is 106 Å². The molecule has 0 aliphatic carbocycles. The number of aromatic nitrogens is 3. The average molecular weight is 407 g/mol. The minimum absolute atomic E-state index is 0.0432. The lowest BCUT2D eigenvalue weighted by Gasteiger charge is -2.30. The van der Waals surface area contributed by atoms with E-state index in [9.17, 15) is 9.59 Å². The van der Waals surface area contributed by atoms with Gasteiger partial charge >= 0.3 is 0 Å². The third-order valence-corrected chi connectivity index (χ3v) is 5.81. The SMILES string of the molecule is C=CC(=O)N1CCC(c2c[nH]c3c(C(N)=O)c(-c4ccc(C)c(OC)c4)nn23)CC1. The van der Waals surface area contributed by atoms with Crippen molar-refractivity contribution >= 4 is 17.5 Å².